The number of rotatable bonds is 3. The molecule has 62 valence electrons. The minimum Gasteiger partial charge on any atom is -0.458 e. The van der Waals surface area contributed by atoms with Crippen molar-refractivity contribution in [3.63, 3.8) is 0 Å². The summed E-state index contributed by atoms with van der Waals surface area (Å²) in [5.74, 6) is -0.304. The van der Waals surface area contributed by atoms with E-state index in [2.05, 4.69) is 11.3 Å². The molecule has 11 heavy (non-hydrogen) atoms. The van der Waals surface area contributed by atoms with Crippen molar-refractivity contribution in [1.82, 2.24) is 0 Å². The van der Waals surface area contributed by atoms with E-state index >= 15 is 0 Å². The maximum atomic E-state index is 10.7. The van der Waals surface area contributed by atoms with E-state index in [0.29, 0.717) is 5.57 Å². The summed E-state index contributed by atoms with van der Waals surface area (Å²) in [5, 5.41) is 0. The predicted octanol–water partition coefficient (Wildman–Crippen LogP) is -0.135. The van der Waals surface area contributed by atoms with Crippen LogP contribution in [0.5, 0.6) is 0 Å². The molecule has 0 heterocycles. The van der Waals surface area contributed by atoms with Crippen LogP contribution in [0.3, 0.4) is 0 Å². The van der Waals surface area contributed by atoms with Gasteiger partial charge in [-0.2, -0.15) is 0 Å². The summed E-state index contributed by atoms with van der Waals surface area (Å²) in [5.41, 5.74) is 10.5. The third kappa shape index (κ3) is 5.02. The second-order valence-corrected chi connectivity index (χ2v) is 2.08. The molecule has 4 heteroatoms. The number of carbonyl (C=O) groups is 1. The largest absolute Gasteiger partial charge is 0.458 e. The van der Waals surface area contributed by atoms with Gasteiger partial charge in [0.25, 0.3) is 0 Å². The molecule has 0 atom stereocenters. The first-order valence-electron chi connectivity index (χ1n) is 3.07. The molecular weight excluding hydrogens is 144 g/mol. The van der Waals surface area contributed by atoms with Crippen LogP contribution in [0.1, 0.15) is 6.92 Å². The summed E-state index contributed by atoms with van der Waals surface area (Å²) in [6.07, 6.45) is 1.40. The molecule has 4 N–H and O–H groups in total. The van der Waals surface area contributed by atoms with E-state index in [1.54, 1.807) is 6.92 Å². The standard InChI is InChI=1S/C7H12N2O2/c1-5(2)7(10)11-4-3-6(8)9/h3H,1,4,8-9H2,2H3. The van der Waals surface area contributed by atoms with Crippen LogP contribution in [-0.4, -0.2) is 12.6 Å². The summed E-state index contributed by atoms with van der Waals surface area (Å²) >= 11 is 0. The molecule has 0 unspecified atom stereocenters. The third-order valence-corrected chi connectivity index (χ3v) is 0.882. The van der Waals surface area contributed by atoms with E-state index in [-0.39, 0.29) is 12.4 Å². The van der Waals surface area contributed by atoms with Gasteiger partial charge in [-0.15, -0.1) is 0 Å². The summed E-state index contributed by atoms with van der Waals surface area (Å²) in [7, 11) is 0. The molecule has 0 radical (unpaired) electrons. The zero-order chi connectivity index (χ0) is 8.85. The van der Waals surface area contributed by atoms with E-state index in [1.807, 2.05) is 0 Å². The van der Waals surface area contributed by atoms with Crippen LogP contribution in [0.15, 0.2) is 24.0 Å². The van der Waals surface area contributed by atoms with Crippen molar-refractivity contribution in [2.45, 2.75) is 6.92 Å². The molecule has 0 aromatic carbocycles. The van der Waals surface area contributed by atoms with Crippen LogP contribution < -0.4 is 11.5 Å². The Morgan fingerprint density at radius 2 is 2.18 bits per heavy atom. The summed E-state index contributed by atoms with van der Waals surface area (Å²) in [6, 6.07) is 0. The summed E-state index contributed by atoms with van der Waals surface area (Å²) in [4.78, 5) is 10.7. The first-order valence-corrected chi connectivity index (χ1v) is 3.07. The SMILES string of the molecule is C=C(C)C(=O)OCC=C(N)N. The number of carbonyl (C=O) groups excluding carboxylic acids is 1. The van der Waals surface area contributed by atoms with E-state index in [0.717, 1.165) is 0 Å². The van der Waals surface area contributed by atoms with Gasteiger partial charge in [-0.25, -0.2) is 4.79 Å². The molecule has 0 bridgehead atoms. The Balaban J connectivity index is 3.64. The van der Waals surface area contributed by atoms with Gasteiger partial charge in [-0.3, -0.25) is 0 Å². The number of hydrogen-bond acceptors (Lipinski definition) is 4. The van der Waals surface area contributed by atoms with Gasteiger partial charge in [-0.1, -0.05) is 6.58 Å². The van der Waals surface area contributed by atoms with Crippen molar-refractivity contribution in [3.05, 3.63) is 24.0 Å². The first kappa shape index (κ1) is 9.55. The van der Waals surface area contributed by atoms with Gasteiger partial charge in [0.2, 0.25) is 0 Å². The zero-order valence-electron chi connectivity index (χ0n) is 6.46. The summed E-state index contributed by atoms with van der Waals surface area (Å²) in [6.45, 7) is 5.05. The van der Waals surface area contributed by atoms with Crippen LogP contribution >= 0.6 is 0 Å². The Bertz CT molecular complexity index is 193. The fourth-order valence-corrected chi connectivity index (χ4v) is 0.337. The van der Waals surface area contributed by atoms with E-state index in [1.165, 1.54) is 6.08 Å². The Kier molecular flexibility index (Phi) is 3.80. The molecule has 0 saturated carbocycles. The molecule has 0 aromatic heterocycles. The molecule has 0 rings (SSSR count). The fraction of sp³-hybridized carbons (Fsp3) is 0.286. The summed E-state index contributed by atoms with van der Waals surface area (Å²) < 4.78 is 4.64. The zero-order valence-corrected chi connectivity index (χ0v) is 6.46. The maximum Gasteiger partial charge on any atom is 0.333 e. The number of ether oxygens (including phenoxy) is 1. The van der Waals surface area contributed by atoms with Crippen LogP contribution in [0, 0.1) is 0 Å². The van der Waals surface area contributed by atoms with Crippen molar-refractivity contribution < 1.29 is 9.53 Å². The molecule has 0 amide bonds. The average molecular weight is 156 g/mol. The highest BCUT2D eigenvalue weighted by atomic mass is 16.5. The van der Waals surface area contributed by atoms with Gasteiger partial charge >= 0.3 is 5.97 Å². The van der Waals surface area contributed by atoms with Crippen molar-refractivity contribution in [2.24, 2.45) is 11.5 Å². The fourth-order valence-electron chi connectivity index (χ4n) is 0.337. The Morgan fingerprint density at radius 3 is 2.55 bits per heavy atom. The van der Waals surface area contributed by atoms with E-state index in [4.69, 9.17) is 11.5 Å². The highest BCUT2D eigenvalue weighted by molar-refractivity contribution is 5.86. The maximum absolute atomic E-state index is 10.7. The van der Waals surface area contributed by atoms with Crippen LogP contribution in [0.4, 0.5) is 0 Å². The lowest BCUT2D eigenvalue weighted by molar-refractivity contribution is -0.137. The van der Waals surface area contributed by atoms with Crippen molar-refractivity contribution in [3.8, 4) is 0 Å². The lowest BCUT2D eigenvalue weighted by Crippen LogP contribution is -2.11. The van der Waals surface area contributed by atoms with Crippen LogP contribution in [0.2, 0.25) is 0 Å². The van der Waals surface area contributed by atoms with Gasteiger partial charge in [-0.05, 0) is 13.0 Å². The van der Waals surface area contributed by atoms with Crippen LogP contribution in [0.25, 0.3) is 0 Å². The Labute approximate surface area is 65.5 Å². The monoisotopic (exact) mass is 156 g/mol. The van der Waals surface area contributed by atoms with Gasteiger partial charge in [0.1, 0.15) is 6.61 Å². The van der Waals surface area contributed by atoms with Gasteiger partial charge < -0.3 is 16.2 Å². The van der Waals surface area contributed by atoms with Gasteiger partial charge in [0.05, 0.1) is 5.82 Å². The van der Waals surface area contributed by atoms with E-state index in [9.17, 15) is 4.79 Å². The number of esters is 1. The molecule has 0 aliphatic rings. The molecule has 0 aliphatic carbocycles. The molecule has 0 fully saturated rings. The van der Waals surface area contributed by atoms with Crippen LogP contribution in [-0.2, 0) is 9.53 Å². The average Bonchev–Trinajstić information content (AvgIpc) is 1.86. The molecular formula is C7H12N2O2. The molecule has 0 spiro atoms. The minimum atomic E-state index is -0.442. The highest BCUT2D eigenvalue weighted by Gasteiger charge is 1.99. The third-order valence-electron chi connectivity index (χ3n) is 0.882. The van der Waals surface area contributed by atoms with Gasteiger partial charge in [0, 0.05) is 5.57 Å². The smallest absolute Gasteiger partial charge is 0.333 e. The molecule has 0 aliphatic heterocycles. The highest BCUT2D eigenvalue weighted by Crippen LogP contribution is 1.91. The number of hydrogen-bond donors (Lipinski definition) is 2. The normalized spacial score (nSPS) is 8.45. The first-order chi connectivity index (χ1) is 5.04. The second kappa shape index (κ2) is 4.38. The number of nitrogens with two attached hydrogens (primary N) is 2. The minimum absolute atomic E-state index is 0.0913. The van der Waals surface area contributed by atoms with E-state index < -0.39 is 5.97 Å². The van der Waals surface area contributed by atoms with Gasteiger partial charge in [0.15, 0.2) is 0 Å². The molecule has 0 aromatic rings. The second-order valence-electron chi connectivity index (χ2n) is 2.08. The topological polar surface area (TPSA) is 78.3 Å². The molecule has 4 nitrogen and oxygen atoms in total. The van der Waals surface area contributed by atoms with Crippen molar-refractivity contribution >= 4 is 5.97 Å². The Morgan fingerprint density at radius 1 is 1.64 bits per heavy atom. The van der Waals surface area contributed by atoms with Crippen molar-refractivity contribution in [1.29, 1.82) is 0 Å². The lowest BCUT2D eigenvalue weighted by atomic mass is 10.4. The van der Waals surface area contributed by atoms with Crippen molar-refractivity contribution in [2.75, 3.05) is 6.61 Å². The quantitative estimate of drug-likeness (QED) is 0.440. The Hall–Kier alpha value is -1.45. The molecule has 0 saturated heterocycles. The lowest BCUT2D eigenvalue weighted by Gasteiger charge is -1.99. The predicted molar refractivity (Wildman–Crippen MR) is 42.2 cm³/mol.